The first-order valence-electron chi connectivity index (χ1n) is 4.38. The van der Waals surface area contributed by atoms with Gasteiger partial charge in [-0.25, -0.2) is 0 Å². The summed E-state index contributed by atoms with van der Waals surface area (Å²) in [5, 5.41) is 9.27. The van der Waals surface area contributed by atoms with Crippen molar-refractivity contribution in [3.05, 3.63) is 35.9 Å². The molecule has 0 heterocycles. The topological polar surface area (TPSA) is 20.2 Å². The molecule has 0 saturated heterocycles. The highest BCUT2D eigenvalue weighted by atomic mass is 16.3. The molecule has 0 bridgehead atoms. The van der Waals surface area contributed by atoms with E-state index in [9.17, 15) is 5.11 Å². The molecule has 0 fully saturated rings. The number of aliphatic hydroxyl groups is 1. The molecule has 1 aromatic carbocycles. The van der Waals surface area contributed by atoms with Crippen molar-refractivity contribution >= 4 is 0 Å². The van der Waals surface area contributed by atoms with Gasteiger partial charge in [-0.1, -0.05) is 30.0 Å². The van der Waals surface area contributed by atoms with Crippen molar-refractivity contribution in [2.24, 2.45) is 0 Å². The predicted molar refractivity (Wildman–Crippen MR) is 57.4 cm³/mol. The third-order valence-corrected chi connectivity index (χ3v) is 1.41. The number of hydrogen-bond donors (Lipinski definition) is 1. The van der Waals surface area contributed by atoms with Gasteiger partial charge < -0.3 is 5.11 Å². The van der Waals surface area contributed by atoms with Crippen LogP contribution in [-0.4, -0.2) is 10.7 Å². The lowest BCUT2D eigenvalue weighted by atomic mass is 10.1. The van der Waals surface area contributed by atoms with E-state index < -0.39 is 5.60 Å². The molecule has 0 aliphatic rings. The van der Waals surface area contributed by atoms with E-state index in [0.717, 1.165) is 5.56 Å². The number of hydrogen-bond acceptors (Lipinski definition) is 1. The van der Waals surface area contributed by atoms with E-state index in [1.54, 1.807) is 13.8 Å². The molecule has 0 unspecified atom stereocenters. The van der Waals surface area contributed by atoms with Crippen molar-refractivity contribution in [1.29, 1.82) is 0 Å². The molecule has 0 saturated carbocycles. The lowest BCUT2D eigenvalue weighted by Gasteiger charge is -2.04. The monoisotopic (exact) mass is 184 g/mol. The van der Waals surface area contributed by atoms with Crippen LogP contribution in [0.5, 0.6) is 0 Å². The highest BCUT2D eigenvalue weighted by molar-refractivity contribution is 5.40. The Morgan fingerprint density at radius 1 is 1.07 bits per heavy atom. The van der Waals surface area contributed by atoms with Gasteiger partial charge in [0.1, 0.15) is 5.60 Å². The van der Waals surface area contributed by atoms with Crippen LogP contribution >= 0.6 is 0 Å². The Bertz CT molecular complexity index is 402. The fourth-order valence-corrected chi connectivity index (χ4v) is 0.809. The second-order valence-electron chi connectivity index (χ2n) is 3.43. The summed E-state index contributed by atoms with van der Waals surface area (Å²) in [4.78, 5) is 0. The molecule has 0 radical (unpaired) electrons. The zero-order valence-corrected chi connectivity index (χ0v) is 8.33. The normalized spacial score (nSPS) is 9.36. The Morgan fingerprint density at radius 3 is 2.29 bits per heavy atom. The van der Waals surface area contributed by atoms with Crippen molar-refractivity contribution in [2.45, 2.75) is 19.4 Å². The molecule has 1 aromatic rings. The molecule has 1 N–H and O–H groups in total. The first-order chi connectivity index (χ1) is 6.58. The van der Waals surface area contributed by atoms with Crippen molar-refractivity contribution < 1.29 is 5.11 Å². The summed E-state index contributed by atoms with van der Waals surface area (Å²) < 4.78 is 0. The minimum absolute atomic E-state index is 0.928. The van der Waals surface area contributed by atoms with E-state index >= 15 is 0 Å². The SMILES string of the molecule is CC(C)(O)C#CC#Cc1ccccc1. The Hall–Kier alpha value is -1.70. The summed E-state index contributed by atoms with van der Waals surface area (Å²) in [6.45, 7) is 3.26. The average Bonchev–Trinajstić information content (AvgIpc) is 2.13. The third kappa shape index (κ3) is 4.36. The Kier molecular flexibility index (Phi) is 3.35. The molecular formula is C13H12O. The summed E-state index contributed by atoms with van der Waals surface area (Å²) in [7, 11) is 0. The Morgan fingerprint density at radius 2 is 1.71 bits per heavy atom. The second kappa shape index (κ2) is 4.51. The van der Waals surface area contributed by atoms with Crippen molar-refractivity contribution in [1.82, 2.24) is 0 Å². The molecule has 14 heavy (non-hydrogen) atoms. The zero-order chi connectivity index (χ0) is 10.4. The van der Waals surface area contributed by atoms with Gasteiger partial charge in [-0.05, 0) is 37.8 Å². The first-order valence-corrected chi connectivity index (χ1v) is 4.38. The van der Waals surface area contributed by atoms with Gasteiger partial charge in [0.25, 0.3) is 0 Å². The molecule has 0 aromatic heterocycles. The maximum absolute atomic E-state index is 9.27. The summed E-state index contributed by atoms with van der Waals surface area (Å²) in [6.07, 6.45) is 0. The highest BCUT2D eigenvalue weighted by Gasteiger charge is 2.04. The second-order valence-corrected chi connectivity index (χ2v) is 3.43. The molecule has 0 aliphatic carbocycles. The molecule has 0 amide bonds. The highest BCUT2D eigenvalue weighted by Crippen LogP contribution is 1.96. The molecule has 1 rings (SSSR count). The molecule has 1 nitrogen and oxygen atoms in total. The van der Waals surface area contributed by atoms with Gasteiger partial charge in [-0.3, -0.25) is 0 Å². The third-order valence-electron chi connectivity index (χ3n) is 1.41. The maximum atomic E-state index is 9.27. The van der Waals surface area contributed by atoms with Crippen LogP contribution in [0.25, 0.3) is 0 Å². The van der Waals surface area contributed by atoms with Crippen molar-refractivity contribution in [3.8, 4) is 23.7 Å². The van der Waals surface area contributed by atoms with E-state index in [4.69, 9.17) is 0 Å². The van der Waals surface area contributed by atoms with Crippen LogP contribution < -0.4 is 0 Å². The van der Waals surface area contributed by atoms with Gasteiger partial charge in [0.05, 0.1) is 0 Å². The minimum Gasteiger partial charge on any atom is -0.378 e. The summed E-state index contributed by atoms with van der Waals surface area (Å²) in [5.74, 6) is 10.8. The fraction of sp³-hybridized carbons (Fsp3) is 0.231. The van der Waals surface area contributed by atoms with Crippen molar-refractivity contribution in [2.75, 3.05) is 0 Å². The summed E-state index contributed by atoms with van der Waals surface area (Å²) >= 11 is 0. The van der Waals surface area contributed by atoms with E-state index in [0.29, 0.717) is 0 Å². The van der Waals surface area contributed by atoms with Crippen molar-refractivity contribution in [3.63, 3.8) is 0 Å². The van der Waals surface area contributed by atoms with E-state index in [-0.39, 0.29) is 0 Å². The largest absolute Gasteiger partial charge is 0.378 e. The van der Waals surface area contributed by atoms with Crippen LogP contribution in [0.15, 0.2) is 30.3 Å². The van der Waals surface area contributed by atoms with Gasteiger partial charge >= 0.3 is 0 Å². The maximum Gasteiger partial charge on any atom is 0.120 e. The number of benzene rings is 1. The molecule has 0 aliphatic heterocycles. The Balaban J connectivity index is 2.70. The van der Waals surface area contributed by atoms with E-state index in [1.807, 2.05) is 30.3 Å². The first kappa shape index (κ1) is 10.4. The van der Waals surface area contributed by atoms with Crippen LogP contribution in [0.2, 0.25) is 0 Å². The van der Waals surface area contributed by atoms with Gasteiger partial charge in [0.2, 0.25) is 0 Å². The Labute approximate surface area is 84.8 Å². The van der Waals surface area contributed by atoms with Gasteiger partial charge in [-0.2, -0.15) is 0 Å². The standard InChI is InChI=1S/C13H12O/c1-13(2,14)11-7-6-10-12-8-4-3-5-9-12/h3-5,8-9,14H,1-2H3. The van der Waals surface area contributed by atoms with E-state index in [2.05, 4.69) is 23.7 Å². The quantitative estimate of drug-likeness (QED) is 0.610. The smallest absolute Gasteiger partial charge is 0.120 e. The molecular weight excluding hydrogens is 172 g/mol. The van der Waals surface area contributed by atoms with Crippen LogP contribution in [0.1, 0.15) is 19.4 Å². The van der Waals surface area contributed by atoms with Crippen LogP contribution in [0, 0.1) is 23.7 Å². The van der Waals surface area contributed by atoms with Crippen LogP contribution in [0.4, 0.5) is 0 Å². The fourth-order valence-electron chi connectivity index (χ4n) is 0.809. The van der Waals surface area contributed by atoms with Gasteiger partial charge in [-0.15, -0.1) is 0 Å². The summed E-state index contributed by atoms with van der Waals surface area (Å²) in [5.41, 5.74) is -0.0386. The molecule has 0 spiro atoms. The summed E-state index contributed by atoms with van der Waals surface area (Å²) in [6, 6.07) is 9.62. The molecule has 0 atom stereocenters. The average molecular weight is 184 g/mol. The molecule has 1 heteroatoms. The van der Waals surface area contributed by atoms with E-state index in [1.165, 1.54) is 0 Å². The predicted octanol–water partition coefficient (Wildman–Crippen LogP) is 1.81. The van der Waals surface area contributed by atoms with Gasteiger partial charge in [0, 0.05) is 5.56 Å². The van der Waals surface area contributed by atoms with Crippen LogP contribution in [0.3, 0.4) is 0 Å². The number of rotatable bonds is 0. The zero-order valence-electron chi connectivity index (χ0n) is 8.33. The lowest BCUT2D eigenvalue weighted by molar-refractivity contribution is 0.143. The lowest BCUT2D eigenvalue weighted by Crippen LogP contribution is -2.14. The van der Waals surface area contributed by atoms with Crippen LogP contribution in [-0.2, 0) is 0 Å². The molecule has 70 valence electrons. The van der Waals surface area contributed by atoms with Gasteiger partial charge in [0.15, 0.2) is 0 Å². The minimum atomic E-state index is -0.967.